The molecule has 2 atom stereocenters. The van der Waals surface area contributed by atoms with Crippen molar-refractivity contribution in [2.75, 3.05) is 24.5 Å². The van der Waals surface area contributed by atoms with Crippen LogP contribution >= 0.6 is 23.2 Å². The van der Waals surface area contributed by atoms with Gasteiger partial charge in [-0.1, -0.05) is 35.3 Å². The van der Waals surface area contributed by atoms with Crippen molar-refractivity contribution in [3.8, 4) is 0 Å². The highest BCUT2D eigenvalue weighted by atomic mass is 35.5. The Balaban J connectivity index is 1.80. The molecular weight excluding hydrogens is 476 g/mol. The lowest BCUT2D eigenvalue weighted by atomic mass is 9.96. The Morgan fingerprint density at radius 3 is 2.19 bits per heavy atom. The summed E-state index contributed by atoms with van der Waals surface area (Å²) in [6.45, 7) is 3.30. The van der Waals surface area contributed by atoms with Crippen molar-refractivity contribution in [3.63, 3.8) is 0 Å². The van der Waals surface area contributed by atoms with E-state index in [1.54, 1.807) is 25.1 Å². The van der Waals surface area contributed by atoms with Gasteiger partial charge in [-0.25, -0.2) is 8.42 Å². The second kappa shape index (κ2) is 8.44. The molecule has 0 aromatic heterocycles. The van der Waals surface area contributed by atoms with Crippen LogP contribution in [0.1, 0.15) is 19.4 Å². The van der Waals surface area contributed by atoms with Gasteiger partial charge in [0.2, 0.25) is 10.0 Å². The number of nitrogens with zero attached hydrogens (tertiary/aromatic N) is 2. The number of rotatable bonds is 4. The first-order valence-corrected chi connectivity index (χ1v) is 11.6. The number of halogens is 5. The van der Waals surface area contributed by atoms with E-state index in [9.17, 15) is 26.7 Å². The number of hydrogen-bond donors (Lipinski definition) is 1. The number of piperazine rings is 1. The summed E-state index contributed by atoms with van der Waals surface area (Å²) in [4.78, 5) is 1.82. The Hall–Kier alpha value is -1.52. The van der Waals surface area contributed by atoms with Crippen LogP contribution in [0.25, 0.3) is 0 Å². The molecule has 1 saturated heterocycles. The fraction of sp³-hybridized carbons (Fsp3) is 0.400. The molecule has 0 bridgehead atoms. The van der Waals surface area contributed by atoms with Crippen LogP contribution in [0, 0.1) is 0 Å². The number of anilines is 1. The molecule has 0 aliphatic carbocycles. The van der Waals surface area contributed by atoms with Gasteiger partial charge in [0.05, 0.1) is 15.6 Å². The Morgan fingerprint density at radius 1 is 1.06 bits per heavy atom. The predicted molar refractivity (Wildman–Crippen MR) is 114 cm³/mol. The molecule has 1 fully saturated rings. The summed E-state index contributed by atoms with van der Waals surface area (Å²) in [6.07, 6.45) is -4.89. The molecule has 0 radical (unpaired) electrons. The van der Waals surface area contributed by atoms with Crippen molar-refractivity contribution in [2.45, 2.75) is 36.6 Å². The van der Waals surface area contributed by atoms with E-state index in [0.717, 1.165) is 30.0 Å². The van der Waals surface area contributed by atoms with Gasteiger partial charge in [0.1, 0.15) is 0 Å². The van der Waals surface area contributed by atoms with E-state index in [4.69, 9.17) is 23.2 Å². The van der Waals surface area contributed by atoms with Crippen LogP contribution in [-0.2, 0) is 15.6 Å². The van der Waals surface area contributed by atoms with Gasteiger partial charge in [-0.15, -0.1) is 0 Å². The maximum atomic E-state index is 13.1. The van der Waals surface area contributed by atoms with Crippen molar-refractivity contribution < 1.29 is 26.7 Å². The zero-order chi connectivity index (χ0) is 23.2. The second-order valence-corrected chi connectivity index (χ2v) is 10.3. The number of benzene rings is 2. The van der Waals surface area contributed by atoms with Crippen molar-refractivity contribution in [1.82, 2.24) is 4.31 Å². The van der Waals surface area contributed by atoms with Crippen LogP contribution in [-0.4, -0.2) is 49.7 Å². The van der Waals surface area contributed by atoms with E-state index in [0.29, 0.717) is 30.1 Å². The third-order valence-corrected chi connectivity index (χ3v) is 7.96. The van der Waals surface area contributed by atoms with E-state index >= 15 is 0 Å². The maximum Gasteiger partial charge on any atom is 0.421 e. The minimum absolute atomic E-state index is 0.140. The Bertz CT molecular complexity index is 1060. The zero-order valence-corrected chi connectivity index (χ0v) is 19.0. The largest absolute Gasteiger partial charge is 0.421 e. The number of sulfonamides is 1. The third-order valence-electron chi connectivity index (χ3n) is 5.39. The topological polar surface area (TPSA) is 60.9 Å². The Morgan fingerprint density at radius 2 is 1.68 bits per heavy atom. The monoisotopic (exact) mass is 496 g/mol. The van der Waals surface area contributed by atoms with Gasteiger partial charge in [0.15, 0.2) is 5.60 Å². The molecule has 1 aliphatic rings. The molecule has 1 unspecified atom stereocenters. The molecule has 2 aromatic rings. The molecule has 2 aromatic carbocycles. The van der Waals surface area contributed by atoms with Crippen molar-refractivity contribution in [2.24, 2.45) is 0 Å². The maximum absolute atomic E-state index is 13.1. The highest BCUT2D eigenvalue weighted by molar-refractivity contribution is 7.89. The van der Waals surface area contributed by atoms with Crippen molar-refractivity contribution >= 4 is 38.9 Å². The summed E-state index contributed by atoms with van der Waals surface area (Å²) < 4.78 is 66.6. The summed E-state index contributed by atoms with van der Waals surface area (Å²) >= 11 is 12.2. The molecule has 0 amide bonds. The number of alkyl halides is 3. The van der Waals surface area contributed by atoms with Gasteiger partial charge in [-0.2, -0.15) is 17.5 Å². The third kappa shape index (κ3) is 4.66. The van der Waals surface area contributed by atoms with E-state index < -0.39 is 33.4 Å². The lowest BCUT2D eigenvalue weighted by Crippen LogP contribution is -2.54. The Kier molecular flexibility index (Phi) is 6.57. The summed E-state index contributed by atoms with van der Waals surface area (Å²) in [7, 11) is -3.94. The standard InChI is InChI=1S/C20H21Cl2F3N2O3S/c1-13-12-26(18-8-5-15(21)11-17(18)22)9-10-27(13)31(29,30)16-6-3-14(4-7-16)19(2,28)20(23,24)25/h3-8,11,13,28H,9-10,12H2,1-2H3/t13-,19?/m1/s1. The molecule has 3 rings (SSSR count). The predicted octanol–water partition coefficient (Wildman–Crippen LogP) is 4.66. The highest BCUT2D eigenvalue weighted by Crippen LogP contribution is 2.39. The van der Waals surface area contributed by atoms with Gasteiger partial charge in [-0.05, 0) is 49.7 Å². The normalized spacial score (nSPS) is 20.5. The van der Waals surface area contributed by atoms with E-state index in [1.807, 2.05) is 4.90 Å². The lowest BCUT2D eigenvalue weighted by Gasteiger charge is -2.40. The molecular formula is C20H21Cl2F3N2O3S. The van der Waals surface area contributed by atoms with Crippen LogP contribution in [0.4, 0.5) is 18.9 Å². The summed E-state index contributed by atoms with van der Waals surface area (Å²) in [5.41, 5.74) is -2.77. The molecule has 0 spiro atoms. The molecule has 170 valence electrons. The van der Waals surface area contributed by atoms with Gasteiger partial charge >= 0.3 is 6.18 Å². The smallest absolute Gasteiger partial charge is 0.376 e. The molecule has 11 heteroatoms. The molecule has 5 nitrogen and oxygen atoms in total. The number of aliphatic hydroxyl groups is 1. The minimum atomic E-state index is -4.89. The molecule has 1 N–H and O–H groups in total. The minimum Gasteiger partial charge on any atom is -0.376 e. The van der Waals surface area contributed by atoms with E-state index in [2.05, 4.69) is 0 Å². The second-order valence-electron chi connectivity index (χ2n) is 7.60. The van der Waals surface area contributed by atoms with Crippen LogP contribution < -0.4 is 4.90 Å². The molecule has 0 saturated carbocycles. The first-order chi connectivity index (χ1) is 14.2. The number of hydrogen-bond acceptors (Lipinski definition) is 4. The van der Waals surface area contributed by atoms with Crippen LogP contribution in [0.3, 0.4) is 0 Å². The lowest BCUT2D eigenvalue weighted by molar-refractivity contribution is -0.258. The van der Waals surface area contributed by atoms with Crippen LogP contribution in [0.15, 0.2) is 47.4 Å². The molecule has 1 aliphatic heterocycles. The fourth-order valence-electron chi connectivity index (χ4n) is 3.51. The van der Waals surface area contributed by atoms with Gasteiger partial charge in [0, 0.05) is 30.7 Å². The molecule has 1 heterocycles. The summed E-state index contributed by atoms with van der Waals surface area (Å²) in [6, 6.07) is 8.80. The van der Waals surface area contributed by atoms with Crippen molar-refractivity contribution in [3.05, 3.63) is 58.1 Å². The fourth-order valence-corrected chi connectivity index (χ4v) is 5.65. The summed E-state index contributed by atoms with van der Waals surface area (Å²) in [5, 5.41) is 10.7. The van der Waals surface area contributed by atoms with Gasteiger partial charge in [0.25, 0.3) is 0 Å². The average Bonchev–Trinajstić information content (AvgIpc) is 2.67. The van der Waals surface area contributed by atoms with E-state index in [1.165, 1.54) is 4.31 Å². The first-order valence-electron chi connectivity index (χ1n) is 9.36. The Labute approximate surface area is 189 Å². The highest BCUT2D eigenvalue weighted by Gasteiger charge is 2.51. The summed E-state index contributed by atoms with van der Waals surface area (Å²) in [5.74, 6) is 0. The first kappa shape index (κ1) is 24.1. The SMILES string of the molecule is C[C@@H]1CN(c2ccc(Cl)cc2Cl)CCN1S(=O)(=O)c1ccc(C(C)(O)C(F)(F)F)cc1. The quantitative estimate of drug-likeness (QED) is 0.668. The van der Waals surface area contributed by atoms with E-state index in [-0.39, 0.29) is 11.4 Å². The van der Waals surface area contributed by atoms with Crippen molar-refractivity contribution in [1.29, 1.82) is 0 Å². The van der Waals surface area contributed by atoms with Gasteiger partial charge < -0.3 is 10.0 Å². The molecule has 31 heavy (non-hydrogen) atoms. The zero-order valence-electron chi connectivity index (χ0n) is 16.7. The van der Waals surface area contributed by atoms with Gasteiger partial charge in [-0.3, -0.25) is 0 Å². The van der Waals surface area contributed by atoms with Crippen LogP contribution in [0.5, 0.6) is 0 Å². The van der Waals surface area contributed by atoms with Crippen LogP contribution in [0.2, 0.25) is 10.0 Å². The average molecular weight is 497 g/mol.